The zero-order chi connectivity index (χ0) is 11.6. The van der Waals surface area contributed by atoms with Crippen LogP contribution in [0.15, 0.2) is 18.2 Å². The van der Waals surface area contributed by atoms with Gasteiger partial charge in [0.15, 0.2) is 0 Å². The summed E-state index contributed by atoms with van der Waals surface area (Å²) in [6, 6.07) is 5.12. The molecule has 0 unspecified atom stereocenters. The molecule has 3 heteroatoms. The van der Waals surface area contributed by atoms with Gasteiger partial charge in [-0.2, -0.15) is 0 Å². The first-order chi connectivity index (χ1) is 6.86. The van der Waals surface area contributed by atoms with Gasteiger partial charge < -0.3 is 4.90 Å². The molecule has 1 aromatic carbocycles. The summed E-state index contributed by atoms with van der Waals surface area (Å²) in [5, 5.41) is 0. The van der Waals surface area contributed by atoms with Gasteiger partial charge in [-0.1, -0.05) is 6.07 Å². The van der Waals surface area contributed by atoms with Crippen molar-refractivity contribution in [3.05, 3.63) is 29.6 Å². The highest BCUT2D eigenvalue weighted by atomic mass is 35.5. The third kappa shape index (κ3) is 2.85. The van der Waals surface area contributed by atoms with Gasteiger partial charge in [-0.3, -0.25) is 0 Å². The second-order valence-electron chi connectivity index (χ2n) is 4.65. The lowest BCUT2D eigenvalue weighted by atomic mass is 10.1. The van der Waals surface area contributed by atoms with E-state index in [1.807, 2.05) is 38.8 Å². The van der Waals surface area contributed by atoms with Gasteiger partial charge in [-0.05, 0) is 38.5 Å². The minimum absolute atomic E-state index is 0.0939. The molecule has 0 saturated heterocycles. The summed E-state index contributed by atoms with van der Waals surface area (Å²) in [7, 11) is 1.89. The van der Waals surface area contributed by atoms with Crippen LogP contribution in [-0.4, -0.2) is 12.6 Å². The molecular weight excluding hydrogens is 213 g/mol. The van der Waals surface area contributed by atoms with E-state index >= 15 is 0 Å². The van der Waals surface area contributed by atoms with Crippen molar-refractivity contribution in [2.24, 2.45) is 0 Å². The predicted molar refractivity (Wildman–Crippen MR) is 64.1 cm³/mol. The Kier molecular flexibility index (Phi) is 3.61. The first-order valence-corrected chi connectivity index (χ1v) is 5.48. The van der Waals surface area contributed by atoms with E-state index in [-0.39, 0.29) is 11.4 Å². The molecule has 0 heterocycles. The highest BCUT2D eigenvalue weighted by molar-refractivity contribution is 6.17. The van der Waals surface area contributed by atoms with Gasteiger partial charge in [0.05, 0.1) is 5.69 Å². The van der Waals surface area contributed by atoms with E-state index in [4.69, 9.17) is 11.6 Å². The molecular formula is C12H17ClFN. The number of anilines is 1. The van der Waals surface area contributed by atoms with Crippen molar-refractivity contribution in [2.45, 2.75) is 32.2 Å². The van der Waals surface area contributed by atoms with Gasteiger partial charge in [0.1, 0.15) is 5.82 Å². The summed E-state index contributed by atoms with van der Waals surface area (Å²) in [5.74, 6) is 0.127. The molecule has 0 amide bonds. The smallest absolute Gasteiger partial charge is 0.146 e. The molecule has 0 aliphatic carbocycles. The zero-order valence-corrected chi connectivity index (χ0v) is 10.4. The van der Waals surface area contributed by atoms with Crippen LogP contribution in [0.25, 0.3) is 0 Å². The fourth-order valence-corrected chi connectivity index (χ4v) is 1.43. The maximum atomic E-state index is 13.7. The number of benzene rings is 1. The van der Waals surface area contributed by atoms with Gasteiger partial charge in [-0.15, -0.1) is 11.6 Å². The molecule has 0 spiro atoms. The van der Waals surface area contributed by atoms with Crippen LogP contribution in [0.4, 0.5) is 10.1 Å². The van der Waals surface area contributed by atoms with Crippen LogP contribution in [0, 0.1) is 5.82 Å². The van der Waals surface area contributed by atoms with E-state index in [0.717, 1.165) is 5.56 Å². The average Bonchev–Trinajstić information content (AvgIpc) is 2.15. The quantitative estimate of drug-likeness (QED) is 0.698. The first-order valence-electron chi connectivity index (χ1n) is 4.94. The molecule has 0 N–H and O–H groups in total. The Balaban J connectivity index is 3.06. The van der Waals surface area contributed by atoms with Crippen molar-refractivity contribution in [1.29, 1.82) is 0 Å². The number of nitrogens with zero attached hydrogens (tertiary/aromatic N) is 1. The summed E-state index contributed by atoms with van der Waals surface area (Å²) < 4.78 is 13.7. The number of hydrogen-bond donors (Lipinski definition) is 0. The molecule has 0 atom stereocenters. The third-order valence-electron chi connectivity index (χ3n) is 2.53. The topological polar surface area (TPSA) is 3.24 Å². The maximum absolute atomic E-state index is 13.7. The van der Waals surface area contributed by atoms with Gasteiger partial charge >= 0.3 is 0 Å². The SMILES string of the molecule is CN(c1ccc(CCl)cc1F)C(C)(C)C. The van der Waals surface area contributed by atoms with E-state index in [2.05, 4.69) is 0 Å². The van der Waals surface area contributed by atoms with Gasteiger partial charge in [0.2, 0.25) is 0 Å². The molecule has 84 valence electrons. The summed E-state index contributed by atoms with van der Waals surface area (Å²) in [6.07, 6.45) is 0. The van der Waals surface area contributed by atoms with Crippen molar-refractivity contribution in [2.75, 3.05) is 11.9 Å². The summed E-state index contributed by atoms with van der Waals surface area (Å²) in [5.41, 5.74) is 1.32. The molecule has 0 radical (unpaired) electrons. The molecule has 0 saturated carbocycles. The summed E-state index contributed by atoms with van der Waals surface area (Å²) >= 11 is 5.64. The molecule has 0 bridgehead atoms. The largest absolute Gasteiger partial charge is 0.367 e. The van der Waals surface area contributed by atoms with Crippen LogP contribution in [0.5, 0.6) is 0 Å². The lowest BCUT2D eigenvalue weighted by molar-refractivity contribution is 0.522. The Hall–Kier alpha value is -0.760. The maximum Gasteiger partial charge on any atom is 0.146 e. The van der Waals surface area contributed by atoms with Crippen molar-refractivity contribution in [1.82, 2.24) is 0 Å². The first kappa shape index (κ1) is 12.3. The monoisotopic (exact) mass is 229 g/mol. The van der Waals surface area contributed by atoms with Crippen LogP contribution >= 0.6 is 11.6 Å². The normalized spacial score (nSPS) is 11.6. The van der Waals surface area contributed by atoms with Crippen LogP contribution in [0.3, 0.4) is 0 Å². The number of hydrogen-bond acceptors (Lipinski definition) is 1. The number of halogens is 2. The second kappa shape index (κ2) is 4.40. The Bertz CT molecular complexity index is 344. The lowest BCUT2D eigenvalue weighted by Gasteiger charge is -2.34. The van der Waals surface area contributed by atoms with Crippen LogP contribution in [-0.2, 0) is 5.88 Å². The van der Waals surface area contributed by atoms with Crippen molar-refractivity contribution in [3.63, 3.8) is 0 Å². The molecule has 0 aliphatic heterocycles. The predicted octanol–water partition coefficient (Wildman–Crippen LogP) is 3.80. The van der Waals surface area contributed by atoms with Crippen LogP contribution < -0.4 is 4.90 Å². The molecule has 0 aliphatic rings. The second-order valence-corrected chi connectivity index (χ2v) is 4.92. The minimum atomic E-state index is -0.217. The molecule has 0 fully saturated rings. The molecule has 1 rings (SSSR count). The summed E-state index contributed by atoms with van der Waals surface area (Å²) in [4.78, 5) is 1.92. The number of rotatable bonds is 2. The van der Waals surface area contributed by atoms with Crippen molar-refractivity contribution < 1.29 is 4.39 Å². The Morgan fingerprint density at radius 1 is 1.33 bits per heavy atom. The highest BCUT2D eigenvalue weighted by Crippen LogP contribution is 2.25. The van der Waals surface area contributed by atoms with Crippen molar-refractivity contribution in [3.8, 4) is 0 Å². The van der Waals surface area contributed by atoms with Gasteiger partial charge in [0.25, 0.3) is 0 Å². The van der Waals surface area contributed by atoms with Crippen molar-refractivity contribution >= 4 is 17.3 Å². The molecule has 1 aromatic rings. The fourth-order valence-electron chi connectivity index (χ4n) is 1.27. The van der Waals surface area contributed by atoms with Gasteiger partial charge in [-0.25, -0.2) is 4.39 Å². The van der Waals surface area contributed by atoms with E-state index in [1.165, 1.54) is 6.07 Å². The minimum Gasteiger partial charge on any atom is -0.367 e. The molecule has 0 aromatic heterocycles. The van der Waals surface area contributed by atoms with E-state index in [0.29, 0.717) is 11.6 Å². The fraction of sp³-hybridized carbons (Fsp3) is 0.500. The number of alkyl halides is 1. The Morgan fingerprint density at radius 3 is 2.33 bits per heavy atom. The van der Waals surface area contributed by atoms with E-state index in [9.17, 15) is 4.39 Å². The lowest BCUT2D eigenvalue weighted by Crippen LogP contribution is -2.38. The Labute approximate surface area is 95.8 Å². The van der Waals surface area contributed by atoms with Crippen LogP contribution in [0.2, 0.25) is 0 Å². The van der Waals surface area contributed by atoms with E-state index < -0.39 is 0 Å². The molecule has 1 nitrogen and oxygen atoms in total. The standard InChI is InChI=1S/C12H17ClFN/c1-12(2,3)15(4)11-6-5-9(8-13)7-10(11)14/h5-7H,8H2,1-4H3. The van der Waals surface area contributed by atoms with Crippen LogP contribution in [0.1, 0.15) is 26.3 Å². The van der Waals surface area contributed by atoms with E-state index in [1.54, 1.807) is 6.07 Å². The average molecular weight is 230 g/mol. The molecule has 15 heavy (non-hydrogen) atoms. The third-order valence-corrected chi connectivity index (χ3v) is 2.84. The zero-order valence-electron chi connectivity index (χ0n) is 9.64. The summed E-state index contributed by atoms with van der Waals surface area (Å²) in [6.45, 7) is 6.13. The Morgan fingerprint density at radius 2 is 1.93 bits per heavy atom. The highest BCUT2D eigenvalue weighted by Gasteiger charge is 2.20. The van der Waals surface area contributed by atoms with Gasteiger partial charge in [0, 0.05) is 18.5 Å².